The van der Waals surface area contributed by atoms with Crippen LogP contribution in [0.5, 0.6) is 0 Å². The van der Waals surface area contributed by atoms with Gasteiger partial charge in [0.25, 0.3) is 0 Å². The number of nitrogens with one attached hydrogen (secondary N) is 1. The zero-order valence-corrected chi connectivity index (χ0v) is 11.3. The minimum Gasteiger partial charge on any atom is -0.316 e. The first-order valence-corrected chi connectivity index (χ1v) is 6.22. The highest BCUT2D eigenvalue weighted by molar-refractivity contribution is 6.35. The summed E-state index contributed by atoms with van der Waals surface area (Å²) in [5.41, 5.74) is 1.12. The molecule has 0 aromatic heterocycles. The Labute approximate surface area is 108 Å². The predicted octanol–water partition coefficient (Wildman–Crippen LogP) is 3.03. The number of rotatable bonds is 6. The van der Waals surface area contributed by atoms with E-state index in [1.807, 2.05) is 12.1 Å². The minimum atomic E-state index is 0.684. The van der Waals surface area contributed by atoms with Crippen LogP contribution >= 0.6 is 23.2 Å². The Kier molecular flexibility index (Phi) is 6.14. The molecule has 0 aliphatic heterocycles. The van der Waals surface area contributed by atoms with Crippen molar-refractivity contribution >= 4 is 23.2 Å². The van der Waals surface area contributed by atoms with Gasteiger partial charge in [-0.25, -0.2) is 0 Å². The second kappa shape index (κ2) is 7.13. The van der Waals surface area contributed by atoms with Crippen LogP contribution in [0.2, 0.25) is 10.0 Å². The van der Waals surface area contributed by atoms with Gasteiger partial charge in [0, 0.05) is 29.7 Å². The van der Waals surface area contributed by atoms with Crippen molar-refractivity contribution < 1.29 is 0 Å². The smallest absolute Gasteiger partial charge is 0.0465 e. The summed E-state index contributed by atoms with van der Waals surface area (Å²) < 4.78 is 0. The maximum Gasteiger partial charge on any atom is 0.0465 e. The SMILES string of the molecule is CCNCCN(C)Cc1ccc(Cl)cc1Cl. The Morgan fingerprint density at radius 2 is 2.06 bits per heavy atom. The number of nitrogens with zero attached hydrogens (tertiary/aromatic N) is 1. The van der Waals surface area contributed by atoms with E-state index in [4.69, 9.17) is 23.2 Å². The van der Waals surface area contributed by atoms with E-state index in [0.717, 1.165) is 36.8 Å². The number of halogens is 2. The van der Waals surface area contributed by atoms with Crippen LogP contribution < -0.4 is 5.32 Å². The van der Waals surface area contributed by atoms with E-state index in [1.165, 1.54) is 0 Å². The Bertz CT molecular complexity index is 329. The van der Waals surface area contributed by atoms with Gasteiger partial charge in [-0.3, -0.25) is 0 Å². The van der Waals surface area contributed by atoms with Crippen LogP contribution in [0.4, 0.5) is 0 Å². The van der Waals surface area contributed by atoms with Crippen LogP contribution in [-0.4, -0.2) is 31.6 Å². The molecule has 0 atom stereocenters. The molecule has 1 aromatic carbocycles. The Balaban J connectivity index is 2.46. The summed E-state index contributed by atoms with van der Waals surface area (Å²) in [6.45, 7) is 5.97. The van der Waals surface area contributed by atoms with E-state index >= 15 is 0 Å². The summed E-state index contributed by atoms with van der Waals surface area (Å²) in [6, 6.07) is 5.64. The third-order valence-corrected chi connectivity index (χ3v) is 2.96. The van der Waals surface area contributed by atoms with Crippen LogP contribution in [0.3, 0.4) is 0 Å². The molecule has 1 N–H and O–H groups in total. The van der Waals surface area contributed by atoms with Crippen molar-refractivity contribution in [2.45, 2.75) is 13.5 Å². The molecule has 0 fully saturated rings. The fourth-order valence-corrected chi connectivity index (χ4v) is 1.93. The number of hydrogen-bond donors (Lipinski definition) is 1. The Morgan fingerprint density at radius 3 is 2.69 bits per heavy atom. The third-order valence-electron chi connectivity index (χ3n) is 2.38. The average molecular weight is 261 g/mol. The molecule has 0 saturated carbocycles. The molecular formula is C12H18Cl2N2. The van der Waals surface area contributed by atoms with Crippen molar-refractivity contribution in [1.82, 2.24) is 10.2 Å². The fourth-order valence-electron chi connectivity index (χ4n) is 1.47. The van der Waals surface area contributed by atoms with Gasteiger partial charge < -0.3 is 10.2 Å². The van der Waals surface area contributed by atoms with Gasteiger partial charge in [0.1, 0.15) is 0 Å². The minimum absolute atomic E-state index is 0.684. The van der Waals surface area contributed by atoms with E-state index in [0.29, 0.717) is 5.02 Å². The van der Waals surface area contributed by atoms with Crippen molar-refractivity contribution in [3.05, 3.63) is 33.8 Å². The number of benzene rings is 1. The highest BCUT2D eigenvalue weighted by Gasteiger charge is 2.04. The van der Waals surface area contributed by atoms with E-state index in [1.54, 1.807) is 6.07 Å². The highest BCUT2D eigenvalue weighted by Crippen LogP contribution is 2.21. The maximum atomic E-state index is 6.11. The van der Waals surface area contributed by atoms with Gasteiger partial charge in [0.15, 0.2) is 0 Å². The van der Waals surface area contributed by atoms with Crippen molar-refractivity contribution in [3.8, 4) is 0 Å². The first kappa shape index (κ1) is 13.8. The predicted molar refractivity (Wildman–Crippen MR) is 71.3 cm³/mol. The molecule has 0 bridgehead atoms. The normalized spacial score (nSPS) is 11.1. The van der Waals surface area contributed by atoms with Crippen LogP contribution in [0, 0.1) is 0 Å². The molecular weight excluding hydrogens is 243 g/mol. The van der Waals surface area contributed by atoms with Crippen LogP contribution in [0.1, 0.15) is 12.5 Å². The van der Waals surface area contributed by atoms with Crippen molar-refractivity contribution in [3.63, 3.8) is 0 Å². The van der Waals surface area contributed by atoms with Gasteiger partial charge in [-0.15, -0.1) is 0 Å². The molecule has 0 aliphatic rings. The van der Waals surface area contributed by atoms with Gasteiger partial charge in [-0.2, -0.15) is 0 Å². The van der Waals surface area contributed by atoms with E-state index in [-0.39, 0.29) is 0 Å². The summed E-state index contributed by atoms with van der Waals surface area (Å²) >= 11 is 12.0. The fraction of sp³-hybridized carbons (Fsp3) is 0.500. The number of hydrogen-bond acceptors (Lipinski definition) is 2. The van der Waals surface area contributed by atoms with Crippen LogP contribution in [-0.2, 0) is 6.54 Å². The molecule has 1 aromatic rings. The Morgan fingerprint density at radius 1 is 1.31 bits per heavy atom. The molecule has 0 heterocycles. The molecule has 1 rings (SSSR count). The third kappa shape index (κ3) is 4.71. The first-order chi connectivity index (χ1) is 7.63. The summed E-state index contributed by atoms with van der Waals surface area (Å²) in [4.78, 5) is 2.23. The van der Waals surface area contributed by atoms with Crippen molar-refractivity contribution in [1.29, 1.82) is 0 Å². The molecule has 0 aliphatic carbocycles. The lowest BCUT2D eigenvalue weighted by Gasteiger charge is -2.17. The maximum absolute atomic E-state index is 6.11. The molecule has 4 heteroatoms. The zero-order chi connectivity index (χ0) is 12.0. The van der Waals surface area contributed by atoms with Crippen molar-refractivity contribution in [2.75, 3.05) is 26.7 Å². The lowest BCUT2D eigenvalue weighted by Crippen LogP contribution is -2.28. The molecule has 2 nitrogen and oxygen atoms in total. The molecule has 0 spiro atoms. The number of likely N-dealkylation sites (N-methyl/N-ethyl adjacent to an activating group) is 2. The second-order valence-electron chi connectivity index (χ2n) is 3.83. The summed E-state index contributed by atoms with van der Waals surface area (Å²) in [5.74, 6) is 0. The van der Waals surface area contributed by atoms with Crippen LogP contribution in [0.25, 0.3) is 0 Å². The zero-order valence-electron chi connectivity index (χ0n) is 9.76. The van der Waals surface area contributed by atoms with Gasteiger partial charge in [0.2, 0.25) is 0 Å². The van der Waals surface area contributed by atoms with E-state index < -0.39 is 0 Å². The standard InChI is InChI=1S/C12H18Cl2N2/c1-3-15-6-7-16(2)9-10-4-5-11(13)8-12(10)14/h4-5,8,15H,3,6-7,9H2,1-2H3. The van der Waals surface area contributed by atoms with Crippen molar-refractivity contribution in [2.24, 2.45) is 0 Å². The first-order valence-electron chi connectivity index (χ1n) is 5.46. The quantitative estimate of drug-likeness (QED) is 0.792. The topological polar surface area (TPSA) is 15.3 Å². The van der Waals surface area contributed by atoms with Gasteiger partial charge in [-0.1, -0.05) is 36.2 Å². The molecule has 0 unspecified atom stereocenters. The van der Waals surface area contributed by atoms with Gasteiger partial charge in [0.05, 0.1) is 0 Å². The average Bonchev–Trinajstić information content (AvgIpc) is 2.23. The highest BCUT2D eigenvalue weighted by atomic mass is 35.5. The van der Waals surface area contributed by atoms with Gasteiger partial charge in [-0.05, 0) is 31.3 Å². The summed E-state index contributed by atoms with van der Waals surface area (Å²) in [5, 5.41) is 4.72. The largest absolute Gasteiger partial charge is 0.316 e. The molecule has 0 radical (unpaired) electrons. The molecule has 16 heavy (non-hydrogen) atoms. The summed E-state index contributed by atoms with van der Waals surface area (Å²) in [7, 11) is 2.09. The van der Waals surface area contributed by atoms with E-state index in [9.17, 15) is 0 Å². The van der Waals surface area contributed by atoms with E-state index in [2.05, 4.69) is 24.2 Å². The molecule has 0 amide bonds. The van der Waals surface area contributed by atoms with Crippen LogP contribution in [0.15, 0.2) is 18.2 Å². The monoisotopic (exact) mass is 260 g/mol. The van der Waals surface area contributed by atoms with Gasteiger partial charge >= 0.3 is 0 Å². The lowest BCUT2D eigenvalue weighted by molar-refractivity contribution is 0.326. The lowest BCUT2D eigenvalue weighted by atomic mass is 10.2. The second-order valence-corrected chi connectivity index (χ2v) is 4.67. The molecule has 0 saturated heterocycles. The summed E-state index contributed by atoms with van der Waals surface area (Å²) in [6.07, 6.45) is 0. The molecule has 90 valence electrons. The Hall–Kier alpha value is -0.280.